The van der Waals surface area contributed by atoms with E-state index in [2.05, 4.69) is 9.46 Å². The van der Waals surface area contributed by atoms with Gasteiger partial charge in [0.05, 0.1) is 16.9 Å². The number of anilines is 1. The second kappa shape index (κ2) is 6.54. The normalized spacial score (nSPS) is 10.9. The zero-order chi connectivity index (χ0) is 17.9. The van der Waals surface area contributed by atoms with Crippen LogP contribution in [0.3, 0.4) is 0 Å². The SMILES string of the molecule is COC(=O)c1cc(NS(=O)(=O)c2ccc([N+](=O)[O-])cc2)ccc1O. The summed E-state index contributed by atoms with van der Waals surface area (Å²) in [6.45, 7) is 0. The molecule has 2 aromatic carbocycles. The molecule has 0 unspecified atom stereocenters. The van der Waals surface area contributed by atoms with Gasteiger partial charge in [-0.3, -0.25) is 14.8 Å². The molecule has 0 aliphatic heterocycles. The number of methoxy groups -OCH3 is 1. The number of aromatic hydroxyl groups is 1. The van der Waals surface area contributed by atoms with Crippen LogP contribution < -0.4 is 4.72 Å². The van der Waals surface area contributed by atoms with Crippen molar-refractivity contribution in [1.29, 1.82) is 0 Å². The zero-order valence-electron chi connectivity index (χ0n) is 12.3. The Labute approximate surface area is 136 Å². The van der Waals surface area contributed by atoms with Gasteiger partial charge in [-0.25, -0.2) is 13.2 Å². The molecule has 2 N–H and O–H groups in total. The van der Waals surface area contributed by atoms with Gasteiger partial charge in [-0.2, -0.15) is 0 Å². The maximum atomic E-state index is 12.3. The first-order valence-electron chi connectivity index (χ1n) is 6.43. The number of sulfonamides is 1. The predicted octanol–water partition coefficient (Wildman–Crippen LogP) is 1.89. The predicted molar refractivity (Wildman–Crippen MR) is 83.4 cm³/mol. The van der Waals surface area contributed by atoms with Gasteiger partial charge in [-0.05, 0) is 30.3 Å². The smallest absolute Gasteiger partial charge is 0.341 e. The van der Waals surface area contributed by atoms with Gasteiger partial charge in [0.15, 0.2) is 0 Å². The van der Waals surface area contributed by atoms with Crippen LogP contribution in [0.1, 0.15) is 10.4 Å². The van der Waals surface area contributed by atoms with E-state index in [0.29, 0.717) is 0 Å². The fraction of sp³-hybridized carbons (Fsp3) is 0.0714. The minimum atomic E-state index is -4.02. The van der Waals surface area contributed by atoms with Crippen molar-refractivity contribution in [2.75, 3.05) is 11.8 Å². The van der Waals surface area contributed by atoms with Crippen molar-refractivity contribution in [3.63, 3.8) is 0 Å². The number of rotatable bonds is 5. The Kier molecular flexibility index (Phi) is 4.69. The number of carbonyl (C=O) groups is 1. The highest BCUT2D eigenvalue weighted by Gasteiger charge is 2.18. The largest absolute Gasteiger partial charge is 0.507 e. The summed E-state index contributed by atoms with van der Waals surface area (Å²) < 4.78 is 31.2. The van der Waals surface area contributed by atoms with Crippen LogP contribution in [-0.2, 0) is 14.8 Å². The molecular formula is C14H12N2O7S. The maximum Gasteiger partial charge on any atom is 0.341 e. The van der Waals surface area contributed by atoms with Crippen LogP contribution >= 0.6 is 0 Å². The molecular weight excluding hydrogens is 340 g/mol. The molecule has 0 heterocycles. The number of phenols is 1. The summed E-state index contributed by atoms with van der Waals surface area (Å²) in [5.74, 6) is -1.19. The van der Waals surface area contributed by atoms with Gasteiger partial charge in [0.25, 0.3) is 15.7 Å². The molecule has 9 nitrogen and oxygen atoms in total. The summed E-state index contributed by atoms with van der Waals surface area (Å²) in [5.41, 5.74) is -0.431. The van der Waals surface area contributed by atoms with Crippen LogP contribution in [0.5, 0.6) is 5.75 Å². The molecule has 2 aromatic rings. The number of nitrogens with one attached hydrogen (secondary N) is 1. The first kappa shape index (κ1) is 17.2. The number of nitrogens with zero attached hydrogens (tertiary/aromatic N) is 1. The Morgan fingerprint density at radius 1 is 1.21 bits per heavy atom. The summed E-state index contributed by atoms with van der Waals surface area (Å²) in [6.07, 6.45) is 0. The number of nitro groups is 1. The van der Waals surface area contributed by atoms with Crippen molar-refractivity contribution in [1.82, 2.24) is 0 Å². The van der Waals surface area contributed by atoms with Crippen molar-refractivity contribution >= 4 is 27.4 Å². The van der Waals surface area contributed by atoms with E-state index in [1.54, 1.807) is 0 Å². The highest BCUT2D eigenvalue weighted by molar-refractivity contribution is 7.92. The van der Waals surface area contributed by atoms with Gasteiger partial charge in [0, 0.05) is 17.8 Å². The minimum Gasteiger partial charge on any atom is -0.507 e. The van der Waals surface area contributed by atoms with Crippen molar-refractivity contribution in [2.45, 2.75) is 4.90 Å². The van der Waals surface area contributed by atoms with Crippen LogP contribution in [0, 0.1) is 10.1 Å². The van der Waals surface area contributed by atoms with Crippen molar-refractivity contribution in [2.24, 2.45) is 0 Å². The Morgan fingerprint density at radius 3 is 2.38 bits per heavy atom. The second-order valence-electron chi connectivity index (χ2n) is 4.58. The molecule has 0 saturated carbocycles. The summed E-state index contributed by atoms with van der Waals surface area (Å²) >= 11 is 0. The summed E-state index contributed by atoms with van der Waals surface area (Å²) in [6, 6.07) is 7.80. The first-order chi connectivity index (χ1) is 11.2. The van der Waals surface area contributed by atoms with Crippen molar-refractivity contribution < 1.29 is 28.0 Å². The average molecular weight is 352 g/mol. The van der Waals surface area contributed by atoms with E-state index in [0.717, 1.165) is 43.5 Å². The molecule has 0 aliphatic carbocycles. The van der Waals surface area contributed by atoms with Crippen LogP contribution in [-0.4, -0.2) is 31.5 Å². The number of ether oxygens (including phenoxy) is 1. The van der Waals surface area contributed by atoms with Gasteiger partial charge in [-0.1, -0.05) is 0 Å². The Morgan fingerprint density at radius 2 is 1.83 bits per heavy atom. The average Bonchev–Trinajstić information content (AvgIpc) is 2.55. The lowest BCUT2D eigenvalue weighted by molar-refractivity contribution is -0.384. The molecule has 0 radical (unpaired) electrons. The Bertz CT molecular complexity index is 892. The standard InChI is InChI=1S/C14H12N2O7S/c1-23-14(18)12-8-9(2-7-13(12)17)15-24(21,22)11-5-3-10(4-6-11)16(19)20/h2-8,15,17H,1H3. The van der Waals surface area contributed by atoms with E-state index in [1.165, 1.54) is 6.07 Å². The molecule has 0 amide bonds. The van der Waals surface area contributed by atoms with E-state index in [1.807, 2.05) is 0 Å². The summed E-state index contributed by atoms with van der Waals surface area (Å²) in [5, 5.41) is 20.2. The molecule has 0 aromatic heterocycles. The lowest BCUT2D eigenvalue weighted by Crippen LogP contribution is -2.13. The van der Waals surface area contributed by atoms with Gasteiger partial charge in [-0.15, -0.1) is 0 Å². The Hall–Kier alpha value is -3.14. The number of hydrogen-bond donors (Lipinski definition) is 2. The second-order valence-corrected chi connectivity index (χ2v) is 6.26. The van der Waals surface area contributed by atoms with Gasteiger partial charge >= 0.3 is 5.97 Å². The van der Waals surface area contributed by atoms with Crippen LogP contribution in [0.2, 0.25) is 0 Å². The molecule has 0 saturated heterocycles. The summed E-state index contributed by atoms with van der Waals surface area (Å²) in [7, 11) is -2.90. The molecule has 0 bridgehead atoms. The van der Waals surface area contributed by atoms with E-state index in [-0.39, 0.29) is 27.6 Å². The van der Waals surface area contributed by atoms with Gasteiger partial charge in [0.2, 0.25) is 0 Å². The molecule has 10 heteroatoms. The van der Waals surface area contributed by atoms with E-state index in [4.69, 9.17) is 0 Å². The van der Waals surface area contributed by atoms with Crippen LogP contribution in [0.15, 0.2) is 47.4 Å². The number of hydrogen-bond acceptors (Lipinski definition) is 7. The summed E-state index contributed by atoms with van der Waals surface area (Å²) in [4.78, 5) is 21.2. The molecule has 0 spiro atoms. The van der Waals surface area contributed by atoms with Crippen LogP contribution in [0.4, 0.5) is 11.4 Å². The maximum absolute atomic E-state index is 12.3. The molecule has 2 rings (SSSR count). The molecule has 0 fully saturated rings. The number of benzene rings is 2. The lowest BCUT2D eigenvalue weighted by Gasteiger charge is -2.10. The van der Waals surface area contributed by atoms with Gasteiger partial charge < -0.3 is 9.84 Å². The number of esters is 1. The first-order valence-corrected chi connectivity index (χ1v) is 7.91. The lowest BCUT2D eigenvalue weighted by atomic mass is 10.2. The third-order valence-corrected chi connectivity index (χ3v) is 4.41. The fourth-order valence-corrected chi connectivity index (χ4v) is 2.88. The quantitative estimate of drug-likeness (QED) is 0.363. The minimum absolute atomic E-state index is 0.0200. The third-order valence-electron chi connectivity index (χ3n) is 3.01. The Balaban J connectivity index is 2.32. The number of carbonyl (C=O) groups excluding carboxylic acids is 1. The number of phenolic OH excluding ortho intramolecular Hbond substituents is 1. The highest BCUT2D eigenvalue weighted by Crippen LogP contribution is 2.25. The van der Waals surface area contributed by atoms with Crippen molar-refractivity contribution in [3.8, 4) is 5.75 Å². The van der Waals surface area contributed by atoms with Crippen molar-refractivity contribution in [3.05, 3.63) is 58.1 Å². The van der Waals surface area contributed by atoms with E-state index in [9.17, 15) is 28.4 Å². The molecule has 24 heavy (non-hydrogen) atoms. The molecule has 126 valence electrons. The third kappa shape index (κ3) is 3.60. The van der Waals surface area contributed by atoms with E-state index >= 15 is 0 Å². The number of nitro benzene ring substituents is 1. The number of non-ortho nitro benzene ring substituents is 1. The molecule has 0 atom stereocenters. The topological polar surface area (TPSA) is 136 Å². The molecule has 0 aliphatic rings. The van der Waals surface area contributed by atoms with Crippen LogP contribution in [0.25, 0.3) is 0 Å². The zero-order valence-corrected chi connectivity index (χ0v) is 13.1. The fourth-order valence-electron chi connectivity index (χ4n) is 1.83. The van der Waals surface area contributed by atoms with E-state index < -0.39 is 20.9 Å². The monoisotopic (exact) mass is 352 g/mol. The van der Waals surface area contributed by atoms with Gasteiger partial charge in [0.1, 0.15) is 11.3 Å². The highest BCUT2D eigenvalue weighted by atomic mass is 32.2.